The van der Waals surface area contributed by atoms with Gasteiger partial charge in [-0.1, -0.05) is 30.3 Å². The fourth-order valence-electron chi connectivity index (χ4n) is 1.64. The van der Waals surface area contributed by atoms with Crippen molar-refractivity contribution < 1.29 is 14.7 Å². The van der Waals surface area contributed by atoms with Gasteiger partial charge in [0.25, 0.3) is 0 Å². The molecule has 19 heavy (non-hydrogen) atoms. The Morgan fingerprint density at radius 2 is 1.89 bits per heavy atom. The second-order valence-corrected chi connectivity index (χ2v) is 4.98. The lowest BCUT2D eigenvalue weighted by atomic mass is 10.1. The molecule has 98 valence electrons. The summed E-state index contributed by atoms with van der Waals surface area (Å²) < 4.78 is 0. The number of nitrogens with zero attached hydrogens (tertiary/aromatic N) is 1. The molecule has 5 heteroatoms. The molecule has 0 amide bonds. The molecule has 0 aliphatic rings. The number of carbonyl (C=O) groups excluding carboxylic acids is 1. The Kier molecular flexibility index (Phi) is 4.41. The van der Waals surface area contributed by atoms with Crippen LogP contribution in [0, 0.1) is 0 Å². The van der Waals surface area contributed by atoms with Gasteiger partial charge in [0.05, 0.1) is 12.1 Å². The molecule has 0 bridgehead atoms. The zero-order valence-corrected chi connectivity index (χ0v) is 11.0. The zero-order chi connectivity index (χ0) is 13.7. The summed E-state index contributed by atoms with van der Waals surface area (Å²) in [5.41, 5.74) is 1.73. The fraction of sp³-hybridized carbons (Fsp3) is 0.214. The van der Waals surface area contributed by atoms with Crippen LogP contribution in [-0.4, -0.2) is 21.8 Å². The molecular weight excluding hydrogens is 262 g/mol. The summed E-state index contributed by atoms with van der Waals surface area (Å²) >= 11 is 1.49. The van der Waals surface area contributed by atoms with Gasteiger partial charge in [-0.2, -0.15) is 0 Å². The minimum absolute atomic E-state index is 0.0630. The molecule has 0 saturated carbocycles. The summed E-state index contributed by atoms with van der Waals surface area (Å²) in [6.07, 6.45) is 0.151. The number of Topliss-reactive ketones (excluding diaryl/α,β-unsaturated/α-hetero) is 1. The highest BCUT2D eigenvalue weighted by molar-refractivity contribution is 7.13. The summed E-state index contributed by atoms with van der Waals surface area (Å²) in [5.74, 6) is -1.04. The molecular formula is C14H13NO3S. The number of carboxylic acids is 1. The predicted molar refractivity (Wildman–Crippen MR) is 73.1 cm³/mol. The topological polar surface area (TPSA) is 67.3 Å². The first-order valence-corrected chi connectivity index (χ1v) is 6.76. The first-order valence-electron chi connectivity index (χ1n) is 5.88. The lowest BCUT2D eigenvalue weighted by Gasteiger charge is -1.96. The highest BCUT2D eigenvalue weighted by Gasteiger charge is 2.10. The Bertz CT molecular complexity index is 577. The van der Waals surface area contributed by atoms with Crippen LogP contribution in [0.25, 0.3) is 10.6 Å². The Morgan fingerprint density at radius 3 is 2.58 bits per heavy atom. The summed E-state index contributed by atoms with van der Waals surface area (Å²) in [4.78, 5) is 26.3. The molecule has 0 spiro atoms. The van der Waals surface area contributed by atoms with E-state index >= 15 is 0 Å². The van der Waals surface area contributed by atoms with Crippen LogP contribution in [0.5, 0.6) is 0 Å². The number of aliphatic carboxylic acids is 1. The number of hydrogen-bond donors (Lipinski definition) is 1. The van der Waals surface area contributed by atoms with Crippen LogP contribution in [0.4, 0.5) is 0 Å². The number of hydrogen-bond acceptors (Lipinski definition) is 4. The van der Waals surface area contributed by atoms with Gasteiger partial charge in [-0.3, -0.25) is 9.59 Å². The Hall–Kier alpha value is -2.01. The maximum absolute atomic E-state index is 11.6. The van der Waals surface area contributed by atoms with Crippen LogP contribution >= 0.6 is 11.3 Å². The molecule has 0 saturated heterocycles. The van der Waals surface area contributed by atoms with Crippen molar-refractivity contribution >= 4 is 23.1 Å². The third-order valence-electron chi connectivity index (χ3n) is 2.57. The minimum atomic E-state index is -0.948. The van der Waals surface area contributed by atoms with Crippen molar-refractivity contribution in [3.8, 4) is 10.6 Å². The van der Waals surface area contributed by atoms with E-state index in [0.717, 1.165) is 10.6 Å². The summed E-state index contributed by atoms with van der Waals surface area (Å²) in [5, 5.41) is 11.2. The molecule has 0 radical (unpaired) electrons. The Balaban J connectivity index is 1.98. The van der Waals surface area contributed by atoms with E-state index < -0.39 is 5.97 Å². The number of ketones is 1. The van der Waals surface area contributed by atoms with E-state index in [1.54, 1.807) is 0 Å². The number of thiazole rings is 1. The third kappa shape index (κ3) is 3.99. The van der Waals surface area contributed by atoms with Crippen LogP contribution in [0.3, 0.4) is 0 Å². The number of carboxylic acid groups (broad SMARTS) is 1. The molecule has 0 aliphatic carbocycles. The highest BCUT2D eigenvalue weighted by Crippen LogP contribution is 2.23. The van der Waals surface area contributed by atoms with E-state index in [0.29, 0.717) is 5.69 Å². The van der Waals surface area contributed by atoms with Gasteiger partial charge in [-0.05, 0) is 0 Å². The van der Waals surface area contributed by atoms with Crippen molar-refractivity contribution in [1.29, 1.82) is 0 Å². The van der Waals surface area contributed by atoms with Gasteiger partial charge < -0.3 is 5.11 Å². The van der Waals surface area contributed by atoms with Crippen LogP contribution < -0.4 is 0 Å². The van der Waals surface area contributed by atoms with Crippen molar-refractivity contribution in [2.24, 2.45) is 0 Å². The predicted octanol–water partition coefficient (Wildman–Crippen LogP) is 2.79. The normalized spacial score (nSPS) is 10.3. The second-order valence-electron chi connectivity index (χ2n) is 4.12. The molecule has 2 rings (SSSR count). The molecule has 0 aliphatic heterocycles. The lowest BCUT2D eigenvalue weighted by Crippen LogP contribution is -2.06. The Labute approximate surface area is 114 Å². The quantitative estimate of drug-likeness (QED) is 0.880. The number of rotatable bonds is 6. The van der Waals surface area contributed by atoms with E-state index in [2.05, 4.69) is 4.98 Å². The summed E-state index contributed by atoms with van der Waals surface area (Å²) in [6, 6.07) is 9.75. The average molecular weight is 275 g/mol. The number of benzene rings is 1. The number of carbonyl (C=O) groups is 2. The van der Waals surface area contributed by atoms with Crippen LogP contribution in [0.2, 0.25) is 0 Å². The first kappa shape index (κ1) is 13.4. The van der Waals surface area contributed by atoms with Gasteiger partial charge in [-0.15, -0.1) is 11.3 Å². The lowest BCUT2D eigenvalue weighted by molar-refractivity contribution is -0.138. The number of aromatic nitrogens is 1. The van der Waals surface area contributed by atoms with Gasteiger partial charge in [-0.25, -0.2) is 4.98 Å². The van der Waals surface area contributed by atoms with Crippen molar-refractivity contribution in [3.63, 3.8) is 0 Å². The van der Waals surface area contributed by atoms with Crippen molar-refractivity contribution in [1.82, 2.24) is 4.98 Å². The molecule has 0 unspecified atom stereocenters. The smallest absolute Gasteiger partial charge is 0.303 e. The third-order valence-corrected chi connectivity index (χ3v) is 3.51. The SMILES string of the molecule is O=C(O)CCC(=O)Cc1csc(-c2ccccc2)n1. The summed E-state index contributed by atoms with van der Waals surface area (Å²) in [7, 11) is 0. The standard InChI is InChI=1S/C14H13NO3S/c16-12(6-7-13(17)18)8-11-9-19-14(15-11)10-4-2-1-3-5-10/h1-5,9H,6-8H2,(H,17,18). The van der Waals surface area contributed by atoms with Gasteiger partial charge in [0.2, 0.25) is 0 Å². The monoisotopic (exact) mass is 275 g/mol. The van der Waals surface area contributed by atoms with Crippen LogP contribution in [0.1, 0.15) is 18.5 Å². The second kappa shape index (κ2) is 6.24. The van der Waals surface area contributed by atoms with Gasteiger partial charge in [0.1, 0.15) is 10.8 Å². The van der Waals surface area contributed by atoms with E-state index in [1.165, 1.54) is 11.3 Å². The largest absolute Gasteiger partial charge is 0.481 e. The van der Waals surface area contributed by atoms with Crippen molar-refractivity contribution in [2.45, 2.75) is 19.3 Å². The van der Waals surface area contributed by atoms with Gasteiger partial charge >= 0.3 is 5.97 Å². The Morgan fingerprint density at radius 1 is 1.16 bits per heavy atom. The fourth-order valence-corrected chi connectivity index (χ4v) is 2.46. The highest BCUT2D eigenvalue weighted by atomic mass is 32.1. The minimum Gasteiger partial charge on any atom is -0.481 e. The molecule has 0 atom stereocenters. The van der Waals surface area contributed by atoms with E-state index in [1.807, 2.05) is 35.7 Å². The van der Waals surface area contributed by atoms with E-state index in [4.69, 9.17) is 5.11 Å². The first-order chi connectivity index (χ1) is 9.15. The van der Waals surface area contributed by atoms with E-state index in [9.17, 15) is 9.59 Å². The zero-order valence-electron chi connectivity index (χ0n) is 10.2. The van der Waals surface area contributed by atoms with Crippen molar-refractivity contribution in [3.05, 3.63) is 41.4 Å². The average Bonchev–Trinajstić information content (AvgIpc) is 2.86. The van der Waals surface area contributed by atoms with E-state index in [-0.39, 0.29) is 25.0 Å². The maximum Gasteiger partial charge on any atom is 0.303 e. The van der Waals surface area contributed by atoms with Gasteiger partial charge in [0, 0.05) is 23.8 Å². The molecule has 1 N–H and O–H groups in total. The molecule has 4 nitrogen and oxygen atoms in total. The maximum atomic E-state index is 11.6. The molecule has 1 heterocycles. The van der Waals surface area contributed by atoms with Crippen molar-refractivity contribution in [2.75, 3.05) is 0 Å². The molecule has 1 aromatic carbocycles. The molecule has 2 aromatic rings. The van der Waals surface area contributed by atoms with Crippen LogP contribution in [-0.2, 0) is 16.0 Å². The van der Waals surface area contributed by atoms with Crippen LogP contribution in [0.15, 0.2) is 35.7 Å². The summed E-state index contributed by atoms with van der Waals surface area (Å²) in [6.45, 7) is 0. The molecule has 0 fully saturated rings. The molecule has 1 aromatic heterocycles. The van der Waals surface area contributed by atoms with Gasteiger partial charge in [0.15, 0.2) is 0 Å².